The van der Waals surface area contributed by atoms with Crippen LogP contribution < -0.4 is 0 Å². The molecule has 0 aliphatic rings. The Morgan fingerprint density at radius 3 is 2.50 bits per heavy atom. The quantitative estimate of drug-likeness (QED) is 0.385. The van der Waals surface area contributed by atoms with Gasteiger partial charge in [-0.25, -0.2) is 0 Å². The molecule has 0 atom stereocenters. The second kappa shape index (κ2) is 4.67. The van der Waals surface area contributed by atoms with Crippen molar-refractivity contribution in [2.75, 3.05) is 0 Å². The fourth-order valence-corrected chi connectivity index (χ4v) is 5.11. The van der Waals surface area contributed by atoms with E-state index in [4.69, 9.17) is 12.2 Å². The van der Waals surface area contributed by atoms with Crippen molar-refractivity contribution in [1.82, 2.24) is 8.55 Å². The van der Waals surface area contributed by atoms with Crippen LogP contribution in [0.25, 0.3) is 26.2 Å². The van der Waals surface area contributed by atoms with Crippen molar-refractivity contribution in [3.8, 4) is 5.82 Å². The van der Waals surface area contributed by atoms with Gasteiger partial charge >= 0.3 is 127 Å². The van der Waals surface area contributed by atoms with Gasteiger partial charge in [0.2, 0.25) is 0 Å². The molecule has 4 rings (SSSR count). The SMILES string of the molecule is S=c1c2ccccc2[se]n1-c1nccc2ccccc12. The molecule has 0 bridgehead atoms. The Morgan fingerprint density at radius 1 is 0.900 bits per heavy atom. The molecule has 0 N–H and O–H groups in total. The Hall–Kier alpha value is -1.74. The second-order valence-corrected chi connectivity index (χ2v) is 7.00. The van der Waals surface area contributed by atoms with Gasteiger partial charge in [-0.15, -0.1) is 0 Å². The molecule has 0 aliphatic carbocycles. The van der Waals surface area contributed by atoms with Gasteiger partial charge in [0.15, 0.2) is 0 Å². The molecule has 2 heterocycles. The minimum absolute atomic E-state index is 0.171. The number of fused-ring (bicyclic) bond motifs is 2. The number of aromatic nitrogens is 2. The molecule has 20 heavy (non-hydrogen) atoms. The number of nitrogens with zero attached hydrogens (tertiary/aromatic N) is 2. The van der Waals surface area contributed by atoms with E-state index in [9.17, 15) is 0 Å². The van der Waals surface area contributed by atoms with Crippen LogP contribution in [-0.4, -0.2) is 23.3 Å². The van der Waals surface area contributed by atoms with Gasteiger partial charge in [0.1, 0.15) is 0 Å². The fourth-order valence-electron chi connectivity index (χ4n) is 2.38. The van der Waals surface area contributed by atoms with Crippen molar-refractivity contribution >= 4 is 47.4 Å². The number of hydrogen-bond acceptors (Lipinski definition) is 2. The first-order valence-electron chi connectivity index (χ1n) is 6.30. The summed E-state index contributed by atoms with van der Waals surface area (Å²) < 4.78 is 4.42. The number of rotatable bonds is 1. The van der Waals surface area contributed by atoms with Crippen LogP contribution >= 0.6 is 12.2 Å². The molecule has 0 spiro atoms. The number of pyridine rings is 1. The molecule has 0 unspecified atom stereocenters. The normalized spacial score (nSPS) is 11.2. The van der Waals surface area contributed by atoms with Crippen LogP contribution in [0.5, 0.6) is 0 Å². The molecule has 2 aromatic heterocycles. The Bertz CT molecular complexity index is 979. The van der Waals surface area contributed by atoms with Crippen LogP contribution in [0.2, 0.25) is 0 Å². The molecule has 0 saturated carbocycles. The van der Waals surface area contributed by atoms with Crippen molar-refractivity contribution in [2.45, 2.75) is 0 Å². The van der Waals surface area contributed by atoms with E-state index in [0.29, 0.717) is 0 Å². The summed E-state index contributed by atoms with van der Waals surface area (Å²) in [4.78, 5) is 4.58. The Morgan fingerprint density at radius 2 is 1.65 bits per heavy atom. The summed E-state index contributed by atoms with van der Waals surface area (Å²) in [7, 11) is 0. The zero-order chi connectivity index (χ0) is 13.5. The molecule has 0 fully saturated rings. The van der Waals surface area contributed by atoms with E-state index in [1.807, 2.05) is 30.5 Å². The van der Waals surface area contributed by atoms with Crippen LogP contribution in [-0.2, 0) is 0 Å². The first-order chi connectivity index (χ1) is 9.84. The second-order valence-electron chi connectivity index (χ2n) is 4.54. The molecular formula is C16H10N2SSe. The average Bonchev–Trinajstić information content (AvgIpc) is 2.84. The maximum atomic E-state index is 5.64. The van der Waals surface area contributed by atoms with E-state index >= 15 is 0 Å². The van der Waals surface area contributed by atoms with Crippen LogP contribution in [0.3, 0.4) is 0 Å². The molecule has 4 heteroatoms. The molecule has 0 radical (unpaired) electrons. The molecule has 96 valence electrons. The maximum absolute atomic E-state index is 5.64. The first-order valence-corrected chi connectivity index (χ1v) is 8.33. The third kappa shape index (κ3) is 1.77. The van der Waals surface area contributed by atoms with Crippen LogP contribution in [0.1, 0.15) is 0 Å². The van der Waals surface area contributed by atoms with E-state index in [-0.39, 0.29) is 14.7 Å². The van der Waals surface area contributed by atoms with Gasteiger partial charge in [0, 0.05) is 0 Å². The summed E-state index contributed by atoms with van der Waals surface area (Å²) in [5.74, 6) is 0.976. The summed E-state index contributed by atoms with van der Waals surface area (Å²) in [6, 6.07) is 18.7. The topological polar surface area (TPSA) is 17.8 Å². The number of benzene rings is 2. The number of hydrogen-bond donors (Lipinski definition) is 0. The van der Waals surface area contributed by atoms with Crippen LogP contribution in [0.15, 0.2) is 60.8 Å². The van der Waals surface area contributed by atoms with E-state index in [1.165, 1.54) is 15.0 Å². The zero-order valence-electron chi connectivity index (χ0n) is 10.5. The van der Waals surface area contributed by atoms with Gasteiger partial charge in [-0.1, -0.05) is 0 Å². The van der Waals surface area contributed by atoms with Gasteiger partial charge in [0.25, 0.3) is 0 Å². The van der Waals surface area contributed by atoms with Crippen molar-refractivity contribution in [1.29, 1.82) is 0 Å². The summed E-state index contributed by atoms with van der Waals surface area (Å²) in [6.45, 7) is 0. The summed E-state index contributed by atoms with van der Waals surface area (Å²) in [6.07, 6.45) is 1.86. The Balaban J connectivity index is 2.12. The summed E-state index contributed by atoms with van der Waals surface area (Å²) in [5, 5.41) is 3.54. The summed E-state index contributed by atoms with van der Waals surface area (Å²) in [5.41, 5.74) is 0. The fraction of sp³-hybridized carbons (Fsp3) is 0. The van der Waals surface area contributed by atoms with E-state index < -0.39 is 0 Å². The molecule has 0 amide bonds. The van der Waals surface area contributed by atoms with Gasteiger partial charge in [-0.2, -0.15) is 0 Å². The van der Waals surface area contributed by atoms with E-state index in [0.717, 1.165) is 15.8 Å². The predicted octanol–water partition coefficient (Wildman–Crippen LogP) is 3.97. The monoisotopic (exact) mass is 342 g/mol. The van der Waals surface area contributed by atoms with E-state index in [1.54, 1.807) is 0 Å². The van der Waals surface area contributed by atoms with Crippen molar-refractivity contribution in [2.24, 2.45) is 0 Å². The average molecular weight is 341 g/mol. The minimum atomic E-state index is 0.171. The van der Waals surface area contributed by atoms with Crippen LogP contribution in [0, 0.1) is 4.64 Å². The molecule has 2 aromatic carbocycles. The van der Waals surface area contributed by atoms with E-state index in [2.05, 4.69) is 38.9 Å². The predicted molar refractivity (Wildman–Crippen MR) is 86.4 cm³/mol. The standard InChI is InChI=1S/C16H10N2SSe/c19-16-13-7-3-4-8-14(13)20-18(16)15-12-6-2-1-5-11(12)9-10-17-15/h1-10H. The van der Waals surface area contributed by atoms with Crippen molar-refractivity contribution in [3.63, 3.8) is 0 Å². The van der Waals surface area contributed by atoms with Crippen molar-refractivity contribution < 1.29 is 0 Å². The third-order valence-electron chi connectivity index (χ3n) is 3.34. The summed E-state index contributed by atoms with van der Waals surface area (Å²) >= 11 is 5.81. The molecule has 0 aliphatic heterocycles. The Labute approximate surface area is 127 Å². The van der Waals surface area contributed by atoms with Gasteiger partial charge in [-0.3, -0.25) is 0 Å². The molecule has 4 aromatic rings. The van der Waals surface area contributed by atoms with Crippen molar-refractivity contribution in [3.05, 3.63) is 65.4 Å². The van der Waals surface area contributed by atoms with Gasteiger partial charge in [-0.05, 0) is 0 Å². The third-order valence-corrected chi connectivity index (χ3v) is 6.29. The van der Waals surface area contributed by atoms with Gasteiger partial charge < -0.3 is 0 Å². The molecule has 2 nitrogen and oxygen atoms in total. The molecule has 0 saturated heterocycles. The van der Waals surface area contributed by atoms with Gasteiger partial charge in [0.05, 0.1) is 0 Å². The first kappa shape index (κ1) is 12.0. The molecular weight excluding hydrogens is 331 g/mol. The van der Waals surface area contributed by atoms with Crippen LogP contribution in [0.4, 0.5) is 0 Å². The zero-order valence-corrected chi connectivity index (χ0v) is 13.0. The Kier molecular flexibility index (Phi) is 2.81.